The first-order valence-corrected chi connectivity index (χ1v) is 5.69. The summed E-state index contributed by atoms with van der Waals surface area (Å²) >= 11 is 0. The number of carbonyl (C=O) groups excluding carboxylic acids is 2. The van der Waals surface area contributed by atoms with Crippen molar-refractivity contribution in [3.63, 3.8) is 0 Å². The fraction of sp³-hybridized carbons (Fsp3) is 0.545. The standard InChI is InChI=1S/C11H17N3O4/c12-9(15)6-14(7-10(16)17)11(18)13-8-4-2-1-3-5-8/h1-2,8H,3-7H2,(H2,12,15)(H,13,18)(H,16,17). The van der Waals surface area contributed by atoms with Crippen LogP contribution in [0.3, 0.4) is 0 Å². The minimum atomic E-state index is -1.19. The zero-order chi connectivity index (χ0) is 13.5. The topological polar surface area (TPSA) is 113 Å². The van der Waals surface area contributed by atoms with Gasteiger partial charge in [0, 0.05) is 6.04 Å². The Morgan fingerprint density at radius 3 is 2.56 bits per heavy atom. The van der Waals surface area contributed by atoms with Crippen molar-refractivity contribution in [1.82, 2.24) is 10.2 Å². The van der Waals surface area contributed by atoms with E-state index in [9.17, 15) is 14.4 Å². The molecule has 0 saturated heterocycles. The highest BCUT2D eigenvalue weighted by Crippen LogP contribution is 2.10. The third kappa shape index (κ3) is 4.86. The number of rotatable bonds is 5. The smallest absolute Gasteiger partial charge is 0.323 e. The Hall–Kier alpha value is -2.05. The summed E-state index contributed by atoms with van der Waals surface area (Å²) in [6, 6.07) is -0.594. The largest absolute Gasteiger partial charge is 0.480 e. The lowest BCUT2D eigenvalue weighted by Gasteiger charge is -2.25. The number of hydrogen-bond donors (Lipinski definition) is 3. The molecule has 0 aliphatic heterocycles. The van der Waals surface area contributed by atoms with Crippen molar-refractivity contribution in [1.29, 1.82) is 0 Å². The van der Waals surface area contributed by atoms with Gasteiger partial charge in [0.1, 0.15) is 13.1 Å². The first kappa shape index (κ1) is 14.0. The van der Waals surface area contributed by atoms with Crippen molar-refractivity contribution < 1.29 is 19.5 Å². The van der Waals surface area contributed by atoms with Gasteiger partial charge in [-0.3, -0.25) is 9.59 Å². The first-order chi connectivity index (χ1) is 8.49. The van der Waals surface area contributed by atoms with Gasteiger partial charge in [-0.1, -0.05) is 12.2 Å². The van der Waals surface area contributed by atoms with Crippen LogP contribution in [0.2, 0.25) is 0 Å². The summed E-state index contributed by atoms with van der Waals surface area (Å²) in [5.41, 5.74) is 4.98. The molecule has 4 N–H and O–H groups in total. The van der Waals surface area contributed by atoms with E-state index in [1.165, 1.54) is 0 Å². The van der Waals surface area contributed by atoms with Crippen molar-refractivity contribution in [2.45, 2.75) is 25.3 Å². The van der Waals surface area contributed by atoms with Crippen molar-refractivity contribution >= 4 is 17.9 Å². The van der Waals surface area contributed by atoms with Gasteiger partial charge < -0.3 is 21.1 Å². The molecule has 0 aromatic carbocycles. The van der Waals surface area contributed by atoms with Crippen LogP contribution in [-0.4, -0.2) is 47.0 Å². The number of carboxylic acid groups (broad SMARTS) is 1. The number of nitrogens with two attached hydrogens (primary N) is 1. The maximum atomic E-state index is 11.8. The summed E-state index contributed by atoms with van der Waals surface area (Å²) in [6.07, 6.45) is 6.38. The number of carbonyl (C=O) groups is 3. The van der Waals surface area contributed by atoms with E-state index in [0.717, 1.165) is 17.7 Å². The molecule has 0 saturated carbocycles. The zero-order valence-corrected chi connectivity index (χ0v) is 9.96. The van der Waals surface area contributed by atoms with Gasteiger partial charge in [-0.2, -0.15) is 0 Å². The van der Waals surface area contributed by atoms with Crippen LogP contribution in [0.25, 0.3) is 0 Å². The average Bonchev–Trinajstić information content (AvgIpc) is 2.28. The summed E-state index contributed by atoms with van der Waals surface area (Å²) in [4.78, 5) is 34.1. The second-order valence-corrected chi connectivity index (χ2v) is 4.15. The van der Waals surface area contributed by atoms with Crippen LogP contribution in [0.4, 0.5) is 4.79 Å². The molecule has 1 rings (SSSR count). The molecule has 0 radical (unpaired) electrons. The third-order valence-electron chi connectivity index (χ3n) is 2.56. The van der Waals surface area contributed by atoms with E-state index in [0.29, 0.717) is 6.42 Å². The molecule has 0 fully saturated rings. The molecule has 1 atom stereocenters. The number of carboxylic acids is 1. The fourth-order valence-corrected chi connectivity index (χ4v) is 1.74. The predicted molar refractivity (Wildman–Crippen MR) is 63.7 cm³/mol. The highest BCUT2D eigenvalue weighted by Gasteiger charge is 2.21. The van der Waals surface area contributed by atoms with E-state index in [-0.39, 0.29) is 6.04 Å². The Balaban J connectivity index is 2.54. The van der Waals surface area contributed by atoms with E-state index in [2.05, 4.69) is 5.32 Å². The molecular weight excluding hydrogens is 238 g/mol. The van der Waals surface area contributed by atoms with Gasteiger partial charge in [0.05, 0.1) is 0 Å². The lowest BCUT2D eigenvalue weighted by Crippen LogP contribution is -2.49. The van der Waals surface area contributed by atoms with E-state index in [1.54, 1.807) is 0 Å². The second-order valence-electron chi connectivity index (χ2n) is 4.15. The van der Waals surface area contributed by atoms with Gasteiger partial charge in [-0.15, -0.1) is 0 Å². The van der Waals surface area contributed by atoms with Crippen LogP contribution in [0.1, 0.15) is 19.3 Å². The van der Waals surface area contributed by atoms with Gasteiger partial charge in [-0.05, 0) is 19.3 Å². The molecular formula is C11H17N3O4. The van der Waals surface area contributed by atoms with E-state index in [4.69, 9.17) is 10.8 Å². The van der Waals surface area contributed by atoms with Crippen LogP contribution in [-0.2, 0) is 9.59 Å². The van der Waals surface area contributed by atoms with E-state index in [1.807, 2.05) is 12.2 Å². The highest BCUT2D eigenvalue weighted by molar-refractivity contribution is 5.86. The number of nitrogens with zero attached hydrogens (tertiary/aromatic N) is 1. The third-order valence-corrected chi connectivity index (χ3v) is 2.56. The van der Waals surface area contributed by atoms with E-state index < -0.39 is 31.0 Å². The molecule has 100 valence electrons. The Morgan fingerprint density at radius 2 is 2.06 bits per heavy atom. The Kier molecular flexibility index (Phi) is 5.16. The molecule has 0 heterocycles. The van der Waals surface area contributed by atoms with Crippen molar-refractivity contribution in [3.05, 3.63) is 12.2 Å². The van der Waals surface area contributed by atoms with Gasteiger partial charge in [0.2, 0.25) is 5.91 Å². The van der Waals surface area contributed by atoms with Crippen molar-refractivity contribution in [2.24, 2.45) is 5.73 Å². The number of urea groups is 1. The Bertz CT molecular complexity index is 351. The van der Waals surface area contributed by atoms with Crippen molar-refractivity contribution in [2.75, 3.05) is 13.1 Å². The van der Waals surface area contributed by atoms with Gasteiger partial charge in [0.15, 0.2) is 0 Å². The van der Waals surface area contributed by atoms with Crippen molar-refractivity contribution in [3.8, 4) is 0 Å². The minimum Gasteiger partial charge on any atom is -0.480 e. The zero-order valence-electron chi connectivity index (χ0n) is 9.96. The lowest BCUT2D eigenvalue weighted by molar-refractivity contribution is -0.137. The molecule has 0 bridgehead atoms. The summed E-state index contributed by atoms with van der Waals surface area (Å²) in [5.74, 6) is -1.93. The number of nitrogens with one attached hydrogen (secondary N) is 1. The van der Waals surface area contributed by atoms with E-state index >= 15 is 0 Å². The summed E-state index contributed by atoms with van der Waals surface area (Å²) in [6.45, 7) is -0.946. The minimum absolute atomic E-state index is 0.0216. The van der Waals surface area contributed by atoms with Gasteiger partial charge in [-0.25, -0.2) is 4.79 Å². The molecule has 0 aromatic rings. The second kappa shape index (κ2) is 6.63. The molecule has 1 aliphatic carbocycles. The number of amides is 3. The maximum Gasteiger partial charge on any atom is 0.323 e. The molecule has 7 nitrogen and oxygen atoms in total. The molecule has 0 aromatic heterocycles. The number of aliphatic carboxylic acids is 1. The number of hydrogen-bond acceptors (Lipinski definition) is 3. The van der Waals surface area contributed by atoms with Gasteiger partial charge >= 0.3 is 12.0 Å². The fourth-order valence-electron chi connectivity index (χ4n) is 1.74. The normalized spacial score (nSPS) is 18.1. The Labute approximate surface area is 105 Å². The Morgan fingerprint density at radius 1 is 1.33 bits per heavy atom. The molecule has 1 aliphatic rings. The summed E-state index contributed by atoms with van der Waals surface area (Å²) in [5, 5.41) is 11.4. The molecule has 7 heteroatoms. The highest BCUT2D eigenvalue weighted by atomic mass is 16.4. The monoisotopic (exact) mass is 255 g/mol. The quantitative estimate of drug-likeness (QED) is 0.584. The molecule has 1 unspecified atom stereocenters. The van der Waals surface area contributed by atoms with Crippen LogP contribution in [0.15, 0.2) is 12.2 Å². The van der Waals surface area contributed by atoms with Gasteiger partial charge in [0.25, 0.3) is 0 Å². The predicted octanol–water partition coefficient (Wildman–Crippen LogP) is -0.323. The van der Waals surface area contributed by atoms with Crippen LogP contribution in [0.5, 0.6) is 0 Å². The first-order valence-electron chi connectivity index (χ1n) is 5.69. The number of allylic oxidation sites excluding steroid dienone is 1. The molecule has 0 spiro atoms. The summed E-state index contributed by atoms with van der Waals surface area (Å²) < 4.78 is 0. The van der Waals surface area contributed by atoms with Crippen LogP contribution < -0.4 is 11.1 Å². The molecule has 3 amide bonds. The molecule has 18 heavy (non-hydrogen) atoms. The van der Waals surface area contributed by atoms with Crippen LogP contribution >= 0.6 is 0 Å². The lowest BCUT2D eigenvalue weighted by atomic mass is 10.0. The van der Waals surface area contributed by atoms with Crippen LogP contribution in [0, 0.1) is 0 Å². The number of primary amides is 1. The SMILES string of the molecule is NC(=O)CN(CC(=O)O)C(=O)NC1CC=CCC1. The maximum absolute atomic E-state index is 11.8. The summed E-state index contributed by atoms with van der Waals surface area (Å²) in [7, 11) is 0. The average molecular weight is 255 g/mol.